The Hall–Kier alpha value is -2.44. The Kier molecular flexibility index (Phi) is 5.83. The molecule has 2 nitrogen and oxygen atoms in total. The van der Waals surface area contributed by atoms with Gasteiger partial charge in [-0.05, 0) is 50.2 Å². The van der Waals surface area contributed by atoms with Crippen molar-refractivity contribution in [2.75, 3.05) is 0 Å². The molecule has 1 aliphatic rings. The highest BCUT2D eigenvalue weighted by molar-refractivity contribution is 7.80. The molecule has 0 amide bonds. The monoisotopic (exact) mass is 401 g/mol. The summed E-state index contributed by atoms with van der Waals surface area (Å²) in [6, 6.07) is 30.4. The van der Waals surface area contributed by atoms with Crippen molar-refractivity contribution in [2.45, 2.75) is 45.3 Å². The summed E-state index contributed by atoms with van der Waals surface area (Å²) in [5.74, 6) is 0.795. The molecule has 0 N–H and O–H groups in total. The fraction of sp³-hybridized carbons (Fsp3) is 0.269. The summed E-state index contributed by atoms with van der Waals surface area (Å²) < 4.78 is 6.42. The minimum absolute atomic E-state index is 0.204. The first-order valence-corrected chi connectivity index (χ1v) is 11.7. The molecule has 1 atom stereocenters. The number of nitrogens with zero attached hydrogens (tertiary/aromatic N) is 1. The highest BCUT2D eigenvalue weighted by atomic mass is 31.1. The molecule has 3 heteroatoms. The Labute approximate surface area is 175 Å². The Balaban J connectivity index is 1.83. The molecule has 0 saturated heterocycles. The van der Waals surface area contributed by atoms with Crippen LogP contribution in [0.15, 0.2) is 89.9 Å². The zero-order valence-corrected chi connectivity index (χ0v) is 18.3. The van der Waals surface area contributed by atoms with Crippen LogP contribution in [0.1, 0.15) is 39.2 Å². The van der Waals surface area contributed by atoms with E-state index in [0.717, 1.165) is 24.3 Å². The second-order valence-electron chi connectivity index (χ2n) is 7.97. The van der Waals surface area contributed by atoms with Crippen molar-refractivity contribution in [2.24, 2.45) is 4.99 Å². The zero-order chi connectivity index (χ0) is 20.3. The van der Waals surface area contributed by atoms with Crippen LogP contribution in [0.2, 0.25) is 0 Å². The summed E-state index contributed by atoms with van der Waals surface area (Å²) in [6.45, 7) is 6.52. The van der Waals surface area contributed by atoms with E-state index in [2.05, 4.69) is 106 Å². The average molecular weight is 401 g/mol. The lowest BCUT2D eigenvalue weighted by Crippen LogP contribution is -2.34. The van der Waals surface area contributed by atoms with Crippen molar-refractivity contribution in [1.82, 2.24) is 0 Å². The van der Waals surface area contributed by atoms with Crippen LogP contribution >= 0.6 is 7.92 Å². The summed E-state index contributed by atoms with van der Waals surface area (Å²) in [6.07, 6.45) is 2.15. The van der Waals surface area contributed by atoms with E-state index in [4.69, 9.17) is 9.73 Å². The summed E-state index contributed by atoms with van der Waals surface area (Å²) in [5.41, 5.74) is 0.860. The van der Waals surface area contributed by atoms with Crippen LogP contribution in [0.25, 0.3) is 0 Å². The third-order valence-electron chi connectivity index (χ3n) is 5.40. The van der Waals surface area contributed by atoms with Gasteiger partial charge in [-0.3, -0.25) is 0 Å². The molecule has 29 heavy (non-hydrogen) atoms. The lowest BCUT2D eigenvalue weighted by atomic mass is 9.96. The fourth-order valence-corrected chi connectivity index (χ4v) is 6.32. The number of hydrogen-bond acceptors (Lipinski definition) is 2. The summed E-state index contributed by atoms with van der Waals surface area (Å²) >= 11 is 0. The molecular weight excluding hydrogens is 373 g/mol. The van der Waals surface area contributed by atoms with E-state index >= 15 is 0 Å². The molecule has 3 aromatic carbocycles. The van der Waals surface area contributed by atoms with Gasteiger partial charge >= 0.3 is 0 Å². The molecule has 3 aromatic rings. The number of hydrogen-bond donors (Lipinski definition) is 0. The van der Waals surface area contributed by atoms with E-state index in [9.17, 15) is 0 Å². The van der Waals surface area contributed by atoms with Crippen LogP contribution in [-0.2, 0) is 4.74 Å². The normalized spacial score (nSPS) is 17.8. The third kappa shape index (κ3) is 4.14. The van der Waals surface area contributed by atoms with Gasteiger partial charge in [0.2, 0.25) is 5.90 Å². The van der Waals surface area contributed by atoms with E-state index in [-0.39, 0.29) is 11.6 Å². The quantitative estimate of drug-likeness (QED) is 0.522. The van der Waals surface area contributed by atoms with Gasteiger partial charge in [0, 0.05) is 5.56 Å². The molecule has 0 unspecified atom stereocenters. The van der Waals surface area contributed by atoms with Gasteiger partial charge in [0.25, 0.3) is 0 Å². The molecule has 1 aliphatic heterocycles. The predicted octanol–water partition coefficient (Wildman–Crippen LogP) is 5.17. The first-order valence-electron chi connectivity index (χ1n) is 10.4. The van der Waals surface area contributed by atoms with Gasteiger partial charge in [0.1, 0.15) is 5.60 Å². The SMILES string of the molecule is CCC[C@H]1N=C(c2ccccc2P(c2ccccc2)c2ccccc2)OC1(C)C. The summed E-state index contributed by atoms with van der Waals surface area (Å²) in [7, 11) is -0.697. The van der Waals surface area contributed by atoms with Gasteiger partial charge in [-0.25, -0.2) is 4.99 Å². The van der Waals surface area contributed by atoms with Crippen molar-refractivity contribution in [1.29, 1.82) is 0 Å². The number of benzene rings is 3. The maximum Gasteiger partial charge on any atom is 0.217 e. The fourth-order valence-electron chi connectivity index (χ4n) is 3.88. The molecule has 148 valence electrons. The first kappa shape index (κ1) is 19.9. The lowest BCUT2D eigenvalue weighted by molar-refractivity contribution is 0.0940. The van der Waals surface area contributed by atoms with Gasteiger partial charge in [-0.1, -0.05) is 92.2 Å². The Morgan fingerprint density at radius 2 is 1.38 bits per heavy atom. The van der Waals surface area contributed by atoms with Gasteiger partial charge in [0.05, 0.1) is 6.04 Å². The van der Waals surface area contributed by atoms with Gasteiger partial charge in [0.15, 0.2) is 0 Å². The van der Waals surface area contributed by atoms with E-state index in [1.165, 1.54) is 15.9 Å². The Morgan fingerprint density at radius 3 is 1.97 bits per heavy atom. The van der Waals surface area contributed by atoms with E-state index in [0.29, 0.717) is 0 Å². The average Bonchev–Trinajstić information content (AvgIpc) is 3.05. The largest absolute Gasteiger partial charge is 0.469 e. The van der Waals surface area contributed by atoms with Crippen LogP contribution in [0.4, 0.5) is 0 Å². The molecule has 0 radical (unpaired) electrons. The van der Waals surface area contributed by atoms with Crippen molar-refractivity contribution in [3.05, 3.63) is 90.5 Å². The van der Waals surface area contributed by atoms with Crippen LogP contribution in [0.5, 0.6) is 0 Å². The third-order valence-corrected chi connectivity index (χ3v) is 7.90. The summed E-state index contributed by atoms with van der Waals surface area (Å²) in [5, 5.41) is 3.97. The lowest BCUT2D eigenvalue weighted by Gasteiger charge is -2.25. The van der Waals surface area contributed by atoms with E-state index in [1.54, 1.807) is 0 Å². The molecule has 0 spiro atoms. The minimum Gasteiger partial charge on any atom is -0.469 e. The Morgan fingerprint density at radius 1 is 0.828 bits per heavy atom. The first-order chi connectivity index (χ1) is 14.1. The molecule has 0 aliphatic carbocycles. The smallest absolute Gasteiger partial charge is 0.217 e. The molecule has 0 fully saturated rings. The highest BCUT2D eigenvalue weighted by Gasteiger charge is 2.39. The van der Waals surface area contributed by atoms with E-state index < -0.39 is 7.92 Å². The maximum atomic E-state index is 6.42. The van der Waals surface area contributed by atoms with Gasteiger partial charge in [-0.2, -0.15) is 0 Å². The van der Waals surface area contributed by atoms with Crippen LogP contribution in [-0.4, -0.2) is 17.5 Å². The van der Waals surface area contributed by atoms with Gasteiger partial charge in [-0.15, -0.1) is 0 Å². The second kappa shape index (κ2) is 8.51. The molecule has 0 saturated carbocycles. The number of rotatable bonds is 6. The van der Waals surface area contributed by atoms with Crippen LogP contribution in [0.3, 0.4) is 0 Å². The van der Waals surface area contributed by atoms with E-state index in [1.807, 2.05) is 0 Å². The Bertz CT molecular complexity index is 942. The molecule has 1 heterocycles. The topological polar surface area (TPSA) is 21.6 Å². The van der Waals surface area contributed by atoms with Crippen molar-refractivity contribution in [3.8, 4) is 0 Å². The van der Waals surface area contributed by atoms with Crippen molar-refractivity contribution >= 4 is 29.7 Å². The van der Waals surface area contributed by atoms with Gasteiger partial charge < -0.3 is 4.74 Å². The van der Waals surface area contributed by atoms with Crippen molar-refractivity contribution < 1.29 is 4.74 Å². The summed E-state index contributed by atoms with van der Waals surface area (Å²) in [4.78, 5) is 5.04. The number of ether oxygens (including phenoxy) is 1. The molecule has 0 aromatic heterocycles. The molecule has 0 bridgehead atoms. The predicted molar refractivity (Wildman–Crippen MR) is 126 cm³/mol. The standard InChI is InChI=1S/C26H28NOP/c1-4-13-24-26(2,3)28-25(27-24)22-18-11-12-19-23(22)29(20-14-7-5-8-15-20)21-16-9-6-10-17-21/h5-12,14-19,24H,4,13H2,1-3H3/t24-/m1/s1. The molecular formula is C26H28NOP. The molecule has 4 rings (SSSR count). The number of aliphatic imine (C=N–C) groups is 1. The second-order valence-corrected chi connectivity index (χ2v) is 10.2. The maximum absolute atomic E-state index is 6.42. The highest BCUT2D eigenvalue weighted by Crippen LogP contribution is 2.36. The minimum atomic E-state index is -0.697. The zero-order valence-electron chi connectivity index (χ0n) is 17.4. The van der Waals surface area contributed by atoms with Crippen LogP contribution in [0, 0.1) is 0 Å². The van der Waals surface area contributed by atoms with Crippen LogP contribution < -0.4 is 15.9 Å². The van der Waals surface area contributed by atoms with Crippen molar-refractivity contribution in [3.63, 3.8) is 0 Å².